The van der Waals surface area contributed by atoms with E-state index in [0.29, 0.717) is 19.5 Å². The maximum atomic E-state index is 11.9. The Balaban J connectivity index is 1.55. The van der Waals surface area contributed by atoms with Gasteiger partial charge in [0.15, 0.2) is 0 Å². The second kappa shape index (κ2) is 5.88. The van der Waals surface area contributed by atoms with Crippen LogP contribution in [0.15, 0.2) is 35.4 Å². The van der Waals surface area contributed by atoms with Gasteiger partial charge in [0.1, 0.15) is 5.82 Å². The molecule has 3 rings (SSSR count). The number of hydrogen-bond donors (Lipinski definition) is 3. The zero-order valence-corrected chi connectivity index (χ0v) is 12.2. The van der Waals surface area contributed by atoms with E-state index in [1.807, 2.05) is 35.9 Å². The molecule has 2 aromatic heterocycles. The van der Waals surface area contributed by atoms with E-state index in [4.69, 9.17) is 0 Å². The fourth-order valence-electron chi connectivity index (χ4n) is 2.34. The predicted octanol–water partition coefficient (Wildman–Crippen LogP) is 1.07. The summed E-state index contributed by atoms with van der Waals surface area (Å²) in [5, 5.41) is 2.88. The van der Waals surface area contributed by atoms with Crippen molar-refractivity contribution in [2.45, 2.75) is 26.4 Å². The van der Waals surface area contributed by atoms with Gasteiger partial charge in [-0.1, -0.05) is 6.07 Å². The summed E-state index contributed by atoms with van der Waals surface area (Å²) in [5.74, 6) is 0.880. The smallest absolute Gasteiger partial charge is 0.323 e. The molecule has 114 valence electrons. The lowest BCUT2D eigenvalue weighted by Gasteiger charge is -2.07. The number of hydrogen-bond acceptors (Lipinski definition) is 3. The summed E-state index contributed by atoms with van der Waals surface area (Å²) in [7, 11) is 0. The van der Waals surface area contributed by atoms with E-state index in [1.165, 1.54) is 0 Å². The van der Waals surface area contributed by atoms with Crippen LogP contribution in [0.2, 0.25) is 0 Å². The Hall–Kier alpha value is -2.83. The largest absolute Gasteiger partial charge is 0.352 e. The van der Waals surface area contributed by atoms with Crippen molar-refractivity contribution in [2.24, 2.45) is 0 Å². The molecule has 0 saturated carbocycles. The van der Waals surface area contributed by atoms with Crippen molar-refractivity contribution in [3.8, 4) is 0 Å². The highest BCUT2D eigenvalue weighted by molar-refractivity contribution is 5.77. The fourth-order valence-corrected chi connectivity index (χ4v) is 2.34. The van der Waals surface area contributed by atoms with Crippen LogP contribution in [0, 0.1) is 6.92 Å². The summed E-state index contributed by atoms with van der Waals surface area (Å²) in [4.78, 5) is 32.6. The Morgan fingerprint density at radius 3 is 2.91 bits per heavy atom. The molecule has 3 N–H and O–H groups in total. The number of benzene rings is 1. The van der Waals surface area contributed by atoms with Gasteiger partial charge in [0.05, 0.1) is 11.0 Å². The summed E-state index contributed by atoms with van der Waals surface area (Å²) >= 11 is 0. The first-order valence-corrected chi connectivity index (χ1v) is 7.07. The van der Waals surface area contributed by atoms with Crippen molar-refractivity contribution >= 4 is 16.9 Å². The highest BCUT2D eigenvalue weighted by Gasteiger charge is 2.05. The molecule has 0 aliphatic rings. The quantitative estimate of drug-likeness (QED) is 0.657. The number of amides is 1. The number of aromatic amines is 2. The molecular formula is C15H17N5O2. The van der Waals surface area contributed by atoms with Crippen molar-refractivity contribution in [3.05, 3.63) is 52.5 Å². The van der Waals surface area contributed by atoms with E-state index in [2.05, 4.69) is 20.3 Å². The first-order chi connectivity index (χ1) is 10.6. The van der Waals surface area contributed by atoms with Gasteiger partial charge in [0.2, 0.25) is 5.91 Å². The van der Waals surface area contributed by atoms with Crippen molar-refractivity contribution in [2.75, 3.05) is 0 Å². The molecule has 0 aliphatic heterocycles. The third-order valence-electron chi connectivity index (χ3n) is 3.57. The molecule has 0 fully saturated rings. The number of fused-ring (bicyclic) bond motifs is 1. The summed E-state index contributed by atoms with van der Waals surface area (Å²) < 4.78 is 1.94. The molecule has 7 nitrogen and oxygen atoms in total. The van der Waals surface area contributed by atoms with Gasteiger partial charge in [-0.15, -0.1) is 0 Å². The topological polar surface area (TPSA) is 95.6 Å². The van der Waals surface area contributed by atoms with Gasteiger partial charge in [0, 0.05) is 31.9 Å². The van der Waals surface area contributed by atoms with E-state index in [1.54, 1.807) is 6.20 Å². The van der Waals surface area contributed by atoms with Gasteiger partial charge in [-0.05, 0) is 24.6 Å². The van der Waals surface area contributed by atoms with Crippen LogP contribution >= 0.6 is 0 Å². The van der Waals surface area contributed by atoms with Crippen LogP contribution in [0.5, 0.6) is 0 Å². The second-order valence-electron chi connectivity index (χ2n) is 5.15. The number of rotatable bonds is 5. The fraction of sp³-hybridized carbons (Fsp3) is 0.267. The van der Waals surface area contributed by atoms with E-state index < -0.39 is 0 Å². The molecule has 0 aliphatic carbocycles. The highest BCUT2D eigenvalue weighted by atomic mass is 16.1. The number of nitrogens with one attached hydrogen (secondary N) is 3. The zero-order valence-electron chi connectivity index (χ0n) is 12.2. The Morgan fingerprint density at radius 2 is 2.14 bits per heavy atom. The molecule has 2 heterocycles. The van der Waals surface area contributed by atoms with Crippen LogP contribution in [0.3, 0.4) is 0 Å². The number of H-pyrrole nitrogens is 2. The molecule has 3 aromatic rings. The van der Waals surface area contributed by atoms with Crippen LogP contribution in [-0.2, 0) is 17.9 Å². The number of carbonyl (C=O) groups excluding carboxylic acids is 1. The minimum Gasteiger partial charge on any atom is -0.352 e. The first-order valence-electron chi connectivity index (χ1n) is 7.07. The molecule has 0 bridgehead atoms. The van der Waals surface area contributed by atoms with Gasteiger partial charge in [-0.25, -0.2) is 9.78 Å². The molecule has 22 heavy (non-hydrogen) atoms. The van der Waals surface area contributed by atoms with Gasteiger partial charge < -0.3 is 19.9 Å². The lowest BCUT2D eigenvalue weighted by Crippen LogP contribution is -2.24. The minimum atomic E-state index is -0.230. The minimum absolute atomic E-state index is 0.0178. The molecule has 0 spiro atoms. The number of aryl methyl sites for hydroxylation is 2. The van der Waals surface area contributed by atoms with Crippen molar-refractivity contribution in [1.29, 1.82) is 0 Å². The average molecular weight is 299 g/mol. The molecule has 0 saturated heterocycles. The molecular weight excluding hydrogens is 282 g/mol. The van der Waals surface area contributed by atoms with Crippen LogP contribution in [0.4, 0.5) is 0 Å². The molecule has 0 radical (unpaired) electrons. The van der Waals surface area contributed by atoms with Crippen LogP contribution in [-0.4, -0.2) is 25.4 Å². The highest BCUT2D eigenvalue weighted by Crippen LogP contribution is 2.10. The lowest BCUT2D eigenvalue weighted by molar-refractivity contribution is -0.121. The van der Waals surface area contributed by atoms with Crippen molar-refractivity contribution < 1.29 is 4.79 Å². The Labute approximate surface area is 126 Å². The number of imidazole rings is 2. The van der Waals surface area contributed by atoms with Crippen LogP contribution in [0.25, 0.3) is 11.0 Å². The van der Waals surface area contributed by atoms with Gasteiger partial charge in [0.25, 0.3) is 0 Å². The second-order valence-corrected chi connectivity index (χ2v) is 5.15. The summed E-state index contributed by atoms with van der Waals surface area (Å²) in [6.45, 7) is 2.96. The monoisotopic (exact) mass is 299 g/mol. The van der Waals surface area contributed by atoms with Gasteiger partial charge in [-0.3, -0.25) is 4.79 Å². The van der Waals surface area contributed by atoms with E-state index >= 15 is 0 Å². The van der Waals surface area contributed by atoms with Crippen LogP contribution < -0.4 is 11.0 Å². The average Bonchev–Trinajstić information content (AvgIpc) is 3.06. The normalized spacial score (nSPS) is 11.0. The summed E-state index contributed by atoms with van der Waals surface area (Å²) in [6, 6.07) is 5.56. The van der Waals surface area contributed by atoms with Gasteiger partial charge in [-0.2, -0.15) is 0 Å². The van der Waals surface area contributed by atoms with Crippen LogP contribution in [0.1, 0.15) is 17.8 Å². The third kappa shape index (κ3) is 3.08. The Morgan fingerprint density at radius 1 is 1.32 bits per heavy atom. The Bertz CT molecular complexity index is 858. The molecule has 0 atom stereocenters. The standard InChI is InChI=1S/C15H17N5O2/c1-10-16-5-7-20(10)6-4-14(21)17-9-11-2-3-12-13(8-11)19-15(22)18-12/h2-3,5,7-8H,4,6,9H2,1H3,(H,17,21)(H2,18,19,22). The molecule has 1 aromatic carbocycles. The molecule has 7 heteroatoms. The number of carbonyl (C=O) groups is 1. The predicted molar refractivity (Wildman–Crippen MR) is 82.3 cm³/mol. The van der Waals surface area contributed by atoms with E-state index in [0.717, 1.165) is 22.4 Å². The number of aromatic nitrogens is 4. The van der Waals surface area contributed by atoms with Crippen molar-refractivity contribution in [1.82, 2.24) is 24.8 Å². The number of nitrogens with zero attached hydrogens (tertiary/aromatic N) is 2. The first kappa shape index (κ1) is 14.1. The van der Waals surface area contributed by atoms with Crippen molar-refractivity contribution in [3.63, 3.8) is 0 Å². The SMILES string of the molecule is Cc1nccn1CCC(=O)NCc1ccc2[nH]c(=O)[nH]c2c1. The maximum Gasteiger partial charge on any atom is 0.323 e. The maximum absolute atomic E-state index is 11.9. The summed E-state index contributed by atoms with van der Waals surface area (Å²) in [6.07, 6.45) is 3.99. The Kier molecular flexibility index (Phi) is 3.78. The van der Waals surface area contributed by atoms with E-state index in [9.17, 15) is 9.59 Å². The van der Waals surface area contributed by atoms with E-state index in [-0.39, 0.29) is 11.6 Å². The third-order valence-corrected chi connectivity index (χ3v) is 3.57. The molecule has 1 amide bonds. The van der Waals surface area contributed by atoms with Gasteiger partial charge >= 0.3 is 5.69 Å². The zero-order chi connectivity index (χ0) is 15.5. The molecule has 0 unspecified atom stereocenters. The summed E-state index contributed by atoms with van der Waals surface area (Å²) in [5.41, 5.74) is 2.21. The lowest BCUT2D eigenvalue weighted by atomic mass is 10.2.